The number of benzene rings is 1. The number of hydrogen-bond donors (Lipinski definition) is 0. The predicted molar refractivity (Wildman–Crippen MR) is 86.8 cm³/mol. The first-order valence-electron chi connectivity index (χ1n) is 8.00. The van der Waals surface area contributed by atoms with Crippen molar-refractivity contribution in [1.29, 1.82) is 0 Å². The maximum atomic E-state index is 12.8. The number of ether oxygens (including phenoxy) is 1. The van der Waals surface area contributed by atoms with Gasteiger partial charge in [-0.2, -0.15) is 0 Å². The van der Waals surface area contributed by atoms with Crippen LogP contribution in [-0.4, -0.2) is 18.9 Å². The lowest BCUT2D eigenvalue weighted by Gasteiger charge is -2.18. The Labute approximate surface area is 133 Å². The Morgan fingerprint density at radius 1 is 1.09 bits per heavy atom. The van der Waals surface area contributed by atoms with Gasteiger partial charge in [0.25, 0.3) is 0 Å². The third kappa shape index (κ3) is 3.40. The quantitative estimate of drug-likeness (QED) is 0.799. The van der Waals surface area contributed by atoms with Gasteiger partial charge in [0, 0.05) is 12.3 Å². The normalized spacial score (nSPS) is 24.3. The molecule has 0 spiro atoms. The van der Waals surface area contributed by atoms with Crippen molar-refractivity contribution in [1.82, 2.24) is 0 Å². The number of esters is 1. The second kappa shape index (κ2) is 6.64. The van der Waals surface area contributed by atoms with E-state index in [0.717, 1.165) is 29.5 Å². The van der Waals surface area contributed by atoms with Crippen LogP contribution < -0.4 is 0 Å². The van der Waals surface area contributed by atoms with E-state index in [2.05, 4.69) is 39.8 Å². The summed E-state index contributed by atoms with van der Waals surface area (Å²) in [6, 6.07) is 4.23. The molecule has 22 heavy (non-hydrogen) atoms. The van der Waals surface area contributed by atoms with Crippen LogP contribution in [0.15, 0.2) is 12.1 Å². The molecule has 0 heterocycles. The Morgan fingerprint density at radius 2 is 1.64 bits per heavy atom. The van der Waals surface area contributed by atoms with Crippen LogP contribution in [0.25, 0.3) is 0 Å². The third-order valence-electron chi connectivity index (χ3n) is 4.91. The number of carbonyl (C=O) groups is 2. The molecule has 120 valence electrons. The summed E-state index contributed by atoms with van der Waals surface area (Å²) in [5.74, 6) is -0.116. The minimum atomic E-state index is -0.265. The molecule has 0 saturated heterocycles. The summed E-state index contributed by atoms with van der Waals surface area (Å²) in [4.78, 5) is 24.7. The second-order valence-electron chi connectivity index (χ2n) is 6.83. The Bertz CT molecular complexity index is 565. The molecule has 1 fully saturated rings. The zero-order valence-corrected chi connectivity index (χ0v) is 14.2. The van der Waals surface area contributed by atoms with E-state index in [1.54, 1.807) is 0 Å². The van der Waals surface area contributed by atoms with Gasteiger partial charge in [0.05, 0.1) is 13.0 Å². The first kappa shape index (κ1) is 16.7. The molecule has 0 N–H and O–H groups in total. The van der Waals surface area contributed by atoms with Crippen LogP contribution in [0.1, 0.15) is 42.0 Å². The van der Waals surface area contributed by atoms with Gasteiger partial charge in [-0.05, 0) is 56.2 Å². The van der Waals surface area contributed by atoms with Crippen molar-refractivity contribution in [2.75, 3.05) is 7.11 Å². The summed E-state index contributed by atoms with van der Waals surface area (Å²) >= 11 is 0. The SMILES string of the molecule is COC(=O)C1CC(C)CC1C(=O)Cc1c(C)cc(C)cc1C. The molecule has 0 bridgehead atoms. The number of aryl methyl sites for hydroxylation is 3. The van der Waals surface area contributed by atoms with Crippen molar-refractivity contribution in [2.45, 2.75) is 47.0 Å². The van der Waals surface area contributed by atoms with Crippen molar-refractivity contribution in [2.24, 2.45) is 17.8 Å². The van der Waals surface area contributed by atoms with E-state index in [9.17, 15) is 9.59 Å². The molecule has 1 aliphatic rings. The molecular formula is C19H26O3. The van der Waals surface area contributed by atoms with Gasteiger partial charge in [0.15, 0.2) is 0 Å². The van der Waals surface area contributed by atoms with Crippen molar-refractivity contribution >= 4 is 11.8 Å². The van der Waals surface area contributed by atoms with E-state index in [-0.39, 0.29) is 23.6 Å². The Kier molecular flexibility index (Phi) is 5.05. The fourth-order valence-corrected chi connectivity index (χ4v) is 3.85. The maximum absolute atomic E-state index is 12.8. The molecule has 1 aromatic carbocycles. The van der Waals surface area contributed by atoms with Crippen molar-refractivity contribution in [3.63, 3.8) is 0 Å². The molecule has 3 heteroatoms. The summed E-state index contributed by atoms with van der Waals surface area (Å²) in [6.45, 7) is 8.28. The molecule has 1 aliphatic carbocycles. The second-order valence-corrected chi connectivity index (χ2v) is 6.83. The Hall–Kier alpha value is -1.64. The zero-order valence-electron chi connectivity index (χ0n) is 14.2. The molecule has 1 saturated carbocycles. The minimum Gasteiger partial charge on any atom is -0.469 e. The molecule has 1 aromatic rings. The van der Waals surface area contributed by atoms with Gasteiger partial charge in [-0.25, -0.2) is 0 Å². The van der Waals surface area contributed by atoms with Crippen molar-refractivity contribution < 1.29 is 14.3 Å². The van der Waals surface area contributed by atoms with Crippen LogP contribution in [0.3, 0.4) is 0 Å². The van der Waals surface area contributed by atoms with E-state index in [0.29, 0.717) is 12.3 Å². The monoisotopic (exact) mass is 302 g/mol. The molecule has 0 aromatic heterocycles. The number of hydrogen-bond acceptors (Lipinski definition) is 3. The lowest BCUT2D eigenvalue weighted by molar-refractivity contribution is -0.148. The van der Waals surface area contributed by atoms with E-state index in [1.165, 1.54) is 12.7 Å². The topological polar surface area (TPSA) is 43.4 Å². The van der Waals surface area contributed by atoms with Gasteiger partial charge in [-0.15, -0.1) is 0 Å². The summed E-state index contributed by atoms with van der Waals surface area (Å²) in [5.41, 5.74) is 4.64. The number of ketones is 1. The first-order valence-corrected chi connectivity index (χ1v) is 8.00. The highest BCUT2D eigenvalue weighted by atomic mass is 16.5. The van der Waals surface area contributed by atoms with Gasteiger partial charge < -0.3 is 4.74 Å². The average Bonchev–Trinajstić information content (AvgIpc) is 2.83. The standard InChI is InChI=1S/C19H26O3/c1-11-6-13(3)15(14(4)7-11)10-18(20)16-8-12(2)9-17(16)19(21)22-5/h6-7,12,16-17H,8-10H2,1-5H3. The summed E-state index contributed by atoms with van der Waals surface area (Å²) in [5, 5.41) is 0. The summed E-state index contributed by atoms with van der Waals surface area (Å²) in [7, 11) is 1.40. The van der Waals surface area contributed by atoms with Gasteiger partial charge in [0.2, 0.25) is 0 Å². The van der Waals surface area contributed by atoms with Gasteiger partial charge in [0.1, 0.15) is 5.78 Å². The Balaban J connectivity index is 2.20. The van der Waals surface area contributed by atoms with Crippen molar-refractivity contribution in [3.8, 4) is 0 Å². The fourth-order valence-electron chi connectivity index (χ4n) is 3.85. The largest absolute Gasteiger partial charge is 0.469 e. The van der Waals surface area contributed by atoms with Crippen LogP contribution in [0.5, 0.6) is 0 Å². The highest BCUT2D eigenvalue weighted by Crippen LogP contribution is 2.38. The smallest absolute Gasteiger partial charge is 0.309 e. The van der Waals surface area contributed by atoms with Crippen LogP contribution >= 0.6 is 0 Å². The van der Waals surface area contributed by atoms with Crippen LogP contribution in [0.4, 0.5) is 0 Å². The molecule has 2 rings (SSSR count). The predicted octanol–water partition coefficient (Wildman–Crippen LogP) is 3.56. The molecule has 3 atom stereocenters. The third-order valence-corrected chi connectivity index (χ3v) is 4.91. The van der Waals surface area contributed by atoms with Crippen molar-refractivity contribution in [3.05, 3.63) is 34.4 Å². The fraction of sp³-hybridized carbons (Fsp3) is 0.579. The maximum Gasteiger partial charge on any atom is 0.309 e. The Morgan fingerprint density at radius 3 is 2.18 bits per heavy atom. The first-order chi connectivity index (χ1) is 10.3. The van der Waals surface area contributed by atoms with E-state index in [4.69, 9.17) is 4.74 Å². The van der Waals surface area contributed by atoms with Gasteiger partial charge >= 0.3 is 5.97 Å². The highest BCUT2D eigenvalue weighted by molar-refractivity contribution is 5.89. The molecule has 0 amide bonds. The molecule has 3 unspecified atom stereocenters. The minimum absolute atomic E-state index is 0.176. The lowest BCUT2D eigenvalue weighted by atomic mass is 9.86. The summed E-state index contributed by atoms with van der Waals surface area (Å²) < 4.78 is 4.89. The molecule has 3 nitrogen and oxygen atoms in total. The molecule has 0 radical (unpaired) electrons. The van der Waals surface area contributed by atoms with Crippen LogP contribution in [-0.2, 0) is 20.7 Å². The number of Topliss-reactive ketones (excluding diaryl/α,β-unsaturated/α-hetero) is 1. The van der Waals surface area contributed by atoms with E-state index >= 15 is 0 Å². The number of carbonyl (C=O) groups excluding carboxylic acids is 2. The van der Waals surface area contributed by atoms with Crippen LogP contribution in [0, 0.1) is 38.5 Å². The van der Waals surface area contributed by atoms with E-state index < -0.39 is 0 Å². The molecular weight excluding hydrogens is 276 g/mol. The zero-order chi connectivity index (χ0) is 16.4. The number of rotatable bonds is 4. The van der Waals surface area contributed by atoms with Gasteiger partial charge in [-0.1, -0.05) is 24.6 Å². The lowest BCUT2D eigenvalue weighted by Crippen LogP contribution is -2.28. The van der Waals surface area contributed by atoms with Crippen LogP contribution in [0.2, 0.25) is 0 Å². The summed E-state index contributed by atoms with van der Waals surface area (Å²) in [6.07, 6.45) is 1.97. The van der Waals surface area contributed by atoms with E-state index in [1.807, 2.05) is 0 Å². The highest BCUT2D eigenvalue weighted by Gasteiger charge is 2.41. The number of methoxy groups -OCH3 is 1. The van der Waals surface area contributed by atoms with Gasteiger partial charge in [-0.3, -0.25) is 9.59 Å². The average molecular weight is 302 g/mol. The molecule has 0 aliphatic heterocycles.